The number of benzene rings is 1. The predicted octanol–water partition coefficient (Wildman–Crippen LogP) is 0.899. The number of ether oxygens (including phenoxy) is 2. The number of nitrogens with one attached hydrogen (secondary N) is 2. The van der Waals surface area contributed by atoms with E-state index in [0.29, 0.717) is 24.4 Å². The van der Waals surface area contributed by atoms with Crippen LogP contribution in [-0.4, -0.2) is 65.9 Å². The largest absolute Gasteiger partial charge is 0.493 e. The zero-order valence-corrected chi connectivity index (χ0v) is 15.8. The molecule has 1 aliphatic rings. The Bertz CT molecular complexity index is 736. The minimum Gasteiger partial charge on any atom is -0.493 e. The lowest BCUT2D eigenvalue weighted by atomic mass is 10.0. The van der Waals surface area contributed by atoms with Gasteiger partial charge in [0.2, 0.25) is 10.0 Å². The van der Waals surface area contributed by atoms with E-state index in [9.17, 15) is 13.2 Å². The van der Waals surface area contributed by atoms with Crippen molar-refractivity contribution >= 4 is 21.6 Å². The summed E-state index contributed by atoms with van der Waals surface area (Å²) < 4.78 is 36.1. The van der Waals surface area contributed by atoms with E-state index in [4.69, 9.17) is 9.47 Å². The summed E-state index contributed by atoms with van der Waals surface area (Å²) in [4.78, 5) is 14.6. The lowest BCUT2D eigenvalue weighted by molar-refractivity contribution is 0.0698. The molecule has 1 atom stereocenters. The Labute approximate surface area is 148 Å². The number of sulfonamides is 1. The van der Waals surface area contributed by atoms with Gasteiger partial charge in [-0.25, -0.2) is 8.42 Å². The standard InChI is InChI=1S/C16H25N3O5S/c1-17-12-6-5-7-19(10-12)16(20)11-8-13(18-25(4,21)22)15(24-3)14(9-11)23-2/h8-9,12,17-18H,5-7,10H2,1-4H3. The molecule has 0 aliphatic carbocycles. The first-order valence-electron chi connectivity index (χ1n) is 7.99. The Morgan fingerprint density at radius 2 is 2.00 bits per heavy atom. The maximum Gasteiger partial charge on any atom is 0.254 e. The first kappa shape index (κ1) is 19.3. The van der Waals surface area contributed by atoms with Crippen molar-refractivity contribution in [2.24, 2.45) is 0 Å². The molecule has 0 aromatic heterocycles. The number of likely N-dealkylation sites (N-methyl/N-ethyl adjacent to an activating group) is 1. The van der Waals surface area contributed by atoms with Crippen LogP contribution in [0.25, 0.3) is 0 Å². The summed E-state index contributed by atoms with van der Waals surface area (Å²) >= 11 is 0. The van der Waals surface area contributed by atoms with Crippen LogP contribution in [0.3, 0.4) is 0 Å². The molecule has 1 heterocycles. The summed E-state index contributed by atoms with van der Waals surface area (Å²) in [6.45, 7) is 1.28. The van der Waals surface area contributed by atoms with Crippen molar-refractivity contribution < 1.29 is 22.7 Å². The summed E-state index contributed by atoms with van der Waals surface area (Å²) in [6, 6.07) is 3.30. The Morgan fingerprint density at radius 3 is 2.56 bits per heavy atom. The smallest absolute Gasteiger partial charge is 0.254 e. The van der Waals surface area contributed by atoms with Crippen molar-refractivity contribution in [2.75, 3.05) is 45.3 Å². The van der Waals surface area contributed by atoms with Crippen LogP contribution in [0.2, 0.25) is 0 Å². The fourth-order valence-corrected chi connectivity index (χ4v) is 3.49. The van der Waals surface area contributed by atoms with Crippen molar-refractivity contribution in [1.82, 2.24) is 10.2 Å². The molecule has 2 N–H and O–H groups in total. The second kappa shape index (κ2) is 7.92. The number of hydrogen-bond acceptors (Lipinski definition) is 6. The van der Waals surface area contributed by atoms with Gasteiger partial charge in [-0.1, -0.05) is 0 Å². The van der Waals surface area contributed by atoms with Crippen LogP contribution in [0.5, 0.6) is 11.5 Å². The summed E-state index contributed by atoms with van der Waals surface area (Å²) in [5.41, 5.74) is 0.524. The van der Waals surface area contributed by atoms with Crippen LogP contribution in [0.4, 0.5) is 5.69 Å². The molecule has 0 bridgehead atoms. The average Bonchev–Trinajstić information content (AvgIpc) is 2.58. The van der Waals surface area contributed by atoms with Crippen LogP contribution in [0.1, 0.15) is 23.2 Å². The summed E-state index contributed by atoms with van der Waals surface area (Å²) in [5.74, 6) is 0.357. The molecule has 140 valence electrons. The van der Waals surface area contributed by atoms with Gasteiger partial charge in [0, 0.05) is 24.7 Å². The number of carbonyl (C=O) groups excluding carboxylic acids is 1. The molecule has 1 amide bonds. The first-order valence-corrected chi connectivity index (χ1v) is 9.88. The summed E-state index contributed by atoms with van der Waals surface area (Å²) in [7, 11) is 1.19. The topological polar surface area (TPSA) is 97.0 Å². The Kier molecular flexibility index (Phi) is 6.12. The second-order valence-corrected chi connectivity index (χ2v) is 7.76. The molecule has 8 nitrogen and oxygen atoms in total. The van der Waals surface area contributed by atoms with Gasteiger partial charge in [-0.15, -0.1) is 0 Å². The molecule has 1 fully saturated rings. The van der Waals surface area contributed by atoms with Gasteiger partial charge in [0.05, 0.1) is 26.2 Å². The molecule has 1 unspecified atom stereocenters. The summed E-state index contributed by atoms with van der Waals surface area (Å²) in [5, 5.41) is 3.19. The first-order chi connectivity index (χ1) is 11.8. The Morgan fingerprint density at radius 1 is 1.28 bits per heavy atom. The molecule has 1 aliphatic heterocycles. The molecule has 0 spiro atoms. The zero-order valence-electron chi connectivity index (χ0n) is 15.0. The highest BCUT2D eigenvalue weighted by atomic mass is 32.2. The van der Waals surface area contributed by atoms with Gasteiger partial charge in [-0.05, 0) is 32.0 Å². The van der Waals surface area contributed by atoms with Crippen molar-refractivity contribution in [3.8, 4) is 11.5 Å². The van der Waals surface area contributed by atoms with Crippen molar-refractivity contribution in [3.05, 3.63) is 17.7 Å². The van der Waals surface area contributed by atoms with Crippen molar-refractivity contribution in [2.45, 2.75) is 18.9 Å². The number of piperidine rings is 1. The van der Waals surface area contributed by atoms with Crippen LogP contribution in [-0.2, 0) is 10.0 Å². The lowest BCUT2D eigenvalue weighted by Crippen LogP contribution is -2.46. The van der Waals surface area contributed by atoms with E-state index in [-0.39, 0.29) is 23.4 Å². The van der Waals surface area contributed by atoms with Gasteiger partial charge in [-0.2, -0.15) is 0 Å². The van der Waals surface area contributed by atoms with E-state index in [1.165, 1.54) is 20.3 Å². The predicted molar refractivity (Wildman–Crippen MR) is 96.0 cm³/mol. The van der Waals surface area contributed by atoms with Gasteiger partial charge in [0.25, 0.3) is 5.91 Å². The minimum absolute atomic E-state index is 0.169. The normalized spacial score (nSPS) is 17.9. The van der Waals surface area contributed by atoms with Gasteiger partial charge >= 0.3 is 0 Å². The highest BCUT2D eigenvalue weighted by Gasteiger charge is 2.26. The number of likely N-dealkylation sites (tertiary alicyclic amines) is 1. The zero-order chi connectivity index (χ0) is 18.6. The number of amides is 1. The van der Waals surface area contributed by atoms with E-state index >= 15 is 0 Å². The molecule has 0 saturated carbocycles. The quantitative estimate of drug-likeness (QED) is 0.771. The van der Waals surface area contributed by atoms with E-state index in [0.717, 1.165) is 19.1 Å². The summed E-state index contributed by atoms with van der Waals surface area (Å²) in [6.07, 6.45) is 2.97. The van der Waals surface area contributed by atoms with Crippen molar-refractivity contribution in [3.63, 3.8) is 0 Å². The molecule has 9 heteroatoms. The van der Waals surface area contributed by atoms with E-state index in [1.807, 2.05) is 7.05 Å². The molecule has 25 heavy (non-hydrogen) atoms. The van der Waals surface area contributed by atoms with Crippen molar-refractivity contribution in [1.29, 1.82) is 0 Å². The number of anilines is 1. The van der Waals surface area contributed by atoms with Crippen LogP contribution >= 0.6 is 0 Å². The average molecular weight is 371 g/mol. The molecule has 0 radical (unpaired) electrons. The van der Waals surface area contributed by atoms with Crippen LogP contribution in [0, 0.1) is 0 Å². The molecule has 2 rings (SSSR count). The number of methoxy groups -OCH3 is 2. The fourth-order valence-electron chi connectivity index (χ4n) is 2.94. The van der Waals surface area contributed by atoms with Gasteiger partial charge < -0.3 is 19.7 Å². The minimum atomic E-state index is -3.54. The van der Waals surface area contributed by atoms with E-state index in [1.54, 1.807) is 11.0 Å². The number of nitrogens with zero attached hydrogens (tertiary/aromatic N) is 1. The maximum absolute atomic E-state index is 12.9. The monoisotopic (exact) mass is 371 g/mol. The van der Waals surface area contributed by atoms with E-state index < -0.39 is 10.0 Å². The van der Waals surface area contributed by atoms with Crippen LogP contribution in [0.15, 0.2) is 12.1 Å². The molecular formula is C16H25N3O5S. The third-order valence-electron chi connectivity index (χ3n) is 4.14. The second-order valence-electron chi connectivity index (χ2n) is 6.01. The van der Waals surface area contributed by atoms with Crippen LogP contribution < -0.4 is 19.5 Å². The number of rotatable bonds is 6. The highest BCUT2D eigenvalue weighted by Crippen LogP contribution is 2.37. The Balaban J connectivity index is 2.39. The third-order valence-corrected chi connectivity index (χ3v) is 4.73. The fraction of sp³-hybridized carbons (Fsp3) is 0.562. The van der Waals surface area contributed by atoms with E-state index in [2.05, 4.69) is 10.0 Å². The molecular weight excluding hydrogens is 346 g/mol. The van der Waals surface area contributed by atoms with Gasteiger partial charge in [0.1, 0.15) is 0 Å². The lowest BCUT2D eigenvalue weighted by Gasteiger charge is -2.32. The molecule has 1 aromatic carbocycles. The highest BCUT2D eigenvalue weighted by molar-refractivity contribution is 7.92. The third kappa shape index (κ3) is 4.76. The van der Waals surface area contributed by atoms with Gasteiger partial charge in [0.15, 0.2) is 11.5 Å². The molecule has 1 aromatic rings. The number of carbonyl (C=O) groups is 1. The maximum atomic E-state index is 12.9. The SMILES string of the molecule is CNC1CCCN(C(=O)c2cc(NS(C)(=O)=O)c(OC)c(OC)c2)C1. The van der Waals surface area contributed by atoms with Gasteiger partial charge in [-0.3, -0.25) is 9.52 Å². The Hall–Kier alpha value is -2.00. The molecule has 1 saturated heterocycles. The number of hydrogen-bond donors (Lipinski definition) is 2.